The molecule has 0 atom stereocenters. The topological polar surface area (TPSA) is 105 Å². The van der Waals surface area contributed by atoms with E-state index in [9.17, 15) is 4.79 Å². The zero-order valence-electron chi connectivity index (χ0n) is 16.6. The highest BCUT2D eigenvalue weighted by atomic mass is 16.5. The fraction of sp³-hybridized carbons (Fsp3) is 0.333. The molecular formula is C21H24N6O2. The Labute approximate surface area is 169 Å². The lowest BCUT2D eigenvalue weighted by atomic mass is 9.96. The molecule has 0 bridgehead atoms. The molecule has 1 amide bonds. The molecular weight excluding hydrogens is 368 g/mol. The standard InChI is InChI=1S/C21H24N6O2/c1-3-22-21-23-13(2)12-18(26-21)24-14-8-10-15(11-9-14)25-20(28)19-16-6-4-5-7-17(16)29-27-19/h8-12H,3-7H2,1-2H3,(H,25,28)(H2,22,23,24,26). The first-order valence-corrected chi connectivity index (χ1v) is 9.88. The lowest BCUT2D eigenvalue weighted by Gasteiger charge is -2.11. The molecule has 8 heteroatoms. The van der Waals surface area contributed by atoms with Crippen LogP contribution in [-0.4, -0.2) is 27.6 Å². The summed E-state index contributed by atoms with van der Waals surface area (Å²) in [5.74, 6) is 1.91. The Bertz CT molecular complexity index is 1010. The molecule has 1 aliphatic rings. The first-order chi connectivity index (χ1) is 14.1. The molecule has 0 saturated heterocycles. The maximum atomic E-state index is 12.6. The normalized spacial score (nSPS) is 12.9. The molecule has 2 aromatic heterocycles. The van der Waals surface area contributed by atoms with Crippen molar-refractivity contribution in [2.45, 2.75) is 39.5 Å². The zero-order chi connectivity index (χ0) is 20.2. The molecule has 0 unspecified atom stereocenters. The molecule has 0 saturated carbocycles. The highest BCUT2D eigenvalue weighted by Crippen LogP contribution is 2.25. The summed E-state index contributed by atoms with van der Waals surface area (Å²) in [5, 5.41) is 13.3. The van der Waals surface area contributed by atoms with Gasteiger partial charge in [-0.1, -0.05) is 5.16 Å². The van der Waals surface area contributed by atoms with Gasteiger partial charge < -0.3 is 20.5 Å². The van der Waals surface area contributed by atoms with Crippen LogP contribution in [0.3, 0.4) is 0 Å². The van der Waals surface area contributed by atoms with E-state index in [1.54, 1.807) is 0 Å². The van der Waals surface area contributed by atoms with Crippen molar-refractivity contribution in [2.24, 2.45) is 0 Å². The summed E-state index contributed by atoms with van der Waals surface area (Å²) in [5.41, 5.74) is 3.78. The first kappa shape index (κ1) is 18.9. The minimum atomic E-state index is -0.237. The molecule has 0 spiro atoms. The number of aryl methyl sites for hydroxylation is 2. The number of anilines is 4. The van der Waals surface area contributed by atoms with Crippen LogP contribution in [-0.2, 0) is 12.8 Å². The van der Waals surface area contributed by atoms with Crippen LogP contribution in [0.25, 0.3) is 0 Å². The van der Waals surface area contributed by atoms with Crippen molar-refractivity contribution >= 4 is 29.0 Å². The first-order valence-electron chi connectivity index (χ1n) is 9.88. The van der Waals surface area contributed by atoms with Gasteiger partial charge in [-0.25, -0.2) is 4.98 Å². The molecule has 29 heavy (non-hydrogen) atoms. The van der Waals surface area contributed by atoms with Crippen LogP contribution >= 0.6 is 0 Å². The molecule has 2 heterocycles. The van der Waals surface area contributed by atoms with E-state index in [2.05, 4.69) is 31.1 Å². The Kier molecular flexibility index (Phi) is 5.41. The third-order valence-electron chi connectivity index (χ3n) is 4.77. The number of hydrogen-bond acceptors (Lipinski definition) is 7. The van der Waals surface area contributed by atoms with Gasteiger partial charge in [-0.2, -0.15) is 4.98 Å². The SMILES string of the molecule is CCNc1nc(C)cc(Nc2ccc(NC(=O)c3noc4c3CCCC4)cc2)n1. The molecule has 150 valence electrons. The molecule has 0 aliphatic heterocycles. The van der Waals surface area contributed by atoms with Crippen LogP contribution in [0.4, 0.5) is 23.1 Å². The van der Waals surface area contributed by atoms with Gasteiger partial charge in [-0.3, -0.25) is 4.79 Å². The molecule has 0 fully saturated rings. The monoisotopic (exact) mass is 392 g/mol. The second-order valence-electron chi connectivity index (χ2n) is 7.04. The smallest absolute Gasteiger partial charge is 0.278 e. The number of benzene rings is 1. The van der Waals surface area contributed by atoms with Crippen LogP contribution in [0.15, 0.2) is 34.9 Å². The average molecular weight is 392 g/mol. The third kappa shape index (κ3) is 4.37. The van der Waals surface area contributed by atoms with Gasteiger partial charge in [0.15, 0.2) is 5.69 Å². The van der Waals surface area contributed by atoms with Crippen molar-refractivity contribution < 1.29 is 9.32 Å². The van der Waals surface area contributed by atoms with Crippen LogP contribution in [0.1, 0.15) is 47.3 Å². The minimum absolute atomic E-state index is 0.237. The summed E-state index contributed by atoms with van der Waals surface area (Å²) in [6.45, 7) is 4.68. The number of amides is 1. The van der Waals surface area contributed by atoms with Gasteiger partial charge in [-0.05, 0) is 57.4 Å². The van der Waals surface area contributed by atoms with E-state index in [0.29, 0.717) is 23.1 Å². The van der Waals surface area contributed by atoms with Gasteiger partial charge in [0.1, 0.15) is 11.6 Å². The molecule has 3 N–H and O–H groups in total. The average Bonchev–Trinajstić information content (AvgIpc) is 3.14. The van der Waals surface area contributed by atoms with Gasteiger partial charge in [0.25, 0.3) is 5.91 Å². The maximum absolute atomic E-state index is 12.6. The predicted molar refractivity (Wildman–Crippen MR) is 112 cm³/mol. The van der Waals surface area contributed by atoms with E-state index in [1.165, 1.54) is 0 Å². The fourth-order valence-electron chi connectivity index (χ4n) is 3.41. The lowest BCUT2D eigenvalue weighted by Crippen LogP contribution is -2.15. The molecule has 8 nitrogen and oxygen atoms in total. The van der Waals surface area contributed by atoms with Gasteiger partial charge in [0, 0.05) is 41.7 Å². The van der Waals surface area contributed by atoms with E-state index in [1.807, 2.05) is 44.2 Å². The number of fused-ring (bicyclic) bond motifs is 1. The lowest BCUT2D eigenvalue weighted by molar-refractivity contribution is 0.101. The number of nitrogens with zero attached hydrogens (tertiary/aromatic N) is 3. The molecule has 1 aromatic carbocycles. The highest BCUT2D eigenvalue weighted by Gasteiger charge is 2.23. The van der Waals surface area contributed by atoms with E-state index in [-0.39, 0.29) is 5.91 Å². The van der Waals surface area contributed by atoms with Gasteiger partial charge in [0.05, 0.1) is 0 Å². The van der Waals surface area contributed by atoms with Crippen LogP contribution in [0, 0.1) is 6.92 Å². The molecule has 1 aliphatic carbocycles. The summed E-state index contributed by atoms with van der Waals surface area (Å²) >= 11 is 0. The van der Waals surface area contributed by atoms with Crippen LogP contribution < -0.4 is 16.0 Å². The summed E-state index contributed by atoms with van der Waals surface area (Å²) in [6, 6.07) is 9.33. The number of aromatic nitrogens is 3. The van der Waals surface area contributed by atoms with Crippen molar-refractivity contribution in [1.82, 2.24) is 15.1 Å². The van der Waals surface area contributed by atoms with Crippen molar-refractivity contribution in [3.63, 3.8) is 0 Å². The summed E-state index contributed by atoms with van der Waals surface area (Å²) in [7, 11) is 0. The quantitative estimate of drug-likeness (QED) is 0.580. The third-order valence-corrected chi connectivity index (χ3v) is 4.77. The molecule has 0 radical (unpaired) electrons. The number of carbonyl (C=O) groups is 1. The second kappa shape index (κ2) is 8.30. The van der Waals surface area contributed by atoms with Gasteiger partial charge in [0.2, 0.25) is 5.95 Å². The van der Waals surface area contributed by atoms with Crippen LogP contribution in [0.2, 0.25) is 0 Å². The second-order valence-corrected chi connectivity index (χ2v) is 7.04. The highest BCUT2D eigenvalue weighted by molar-refractivity contribution is 6.04. The van der Waals surface area contributed by atoms with E-state index in [0.717, 1.165) is 54.9 Å². The van der Waals surface area contributed by atoms with Gasteiger partial charge >= 0.3 is 0 Å². The minimum Gasteiger partial charge on any atom is -0.360 e. The van der Waals surface area contributed by atoms with E-state index < -0.39 is 0 Å². The molecule has 3 aromatic rings. The Morgan fingerprint density at radius 1 is 1.10 bits per heavy atom. The summed E-state index contributed by atoms with van der Waals surface area (Å²) in [6.07, 6.45) is 3.85. The summed E-state index contributed by atoms with van der Waals surface area (Å²) < 4.78 is 5.33. The van der Waals surface area contributed by atoms with Crippen molar-refractivity contribution in [3.05, 3.63) is 53.0 Å². The Morgan fingerprint density at radius 2 is 1.86 bits per heavy atom. The van der Waals surface area contributed by atoms with Crippen molar-refractivity contribution in [2.75, 3.05) is 22.5 Å². The van der Waals surface area contributed by atoms with Gasteiger partial charge in [-0.15, -0.1) is 0 Å². The molecule has 4 rings (SSSR count). The fourth-order valence-corrected chi connectivity index (χ4v) is 3.41. The van der Waals surface area contributed by atoms with Crippen LogP contribution in [0.5, 0.6) is 0 Å². The van der Waals surface area contributed by atoms with Crippen molar-refractivity contribution in [1.29, 1.82) is 0 Å². The number of carbonyl (C=O) groups excluding carboxylic acids is 1. The zero-order valence-corrected chi connectivity index (χ0v) is 16.6. The van der Waals surface area contributed by atoms with Crippen molar-refractivity contribution in [3.8, 4) is 0 Å². The summed E-state index contributed by atoms with van der Waals surface area (Å²) in [4.78, 5) is 21.4. The van der Waals surface area contributed by atoms with E-state index in [4.69, 9.17) is 4.52 Å². The Balaban J connectivity index is 1.43. The largest absolute Gasteiger partial charge is 0.360 e. The maximum Gasteiger partial charge on any atom is 0.278 e. The Morgan fingerprint density at radius 3 is 2.66 bits per heavy atom. The van der Waals surface area contributed by atoms with E-state index >= 15 is 0 Å². The Hall–Kier alpha value is -3.42. The number of hydrogen-bond donors (Lipinski definition) is 3. The number of rotatable bonds is 6. The number of nitrogens with one attached hydrogen (secondary N) is 3. The predicted octanol–water partition coefficient (Wildman–Crippen LogP) is 4.08.